The number of piperidine rings is 1. The van der Waals surface area contributed by atoms with Crippen LogP contribution in [0.3, 0.4) is 0 Å². The van der Waals surface area contributed by atoms with Gasteiger partial charge in [0.25, 0.3) is 0 Å². The van der Waals surface area contributed by atoms with Crippen LogP contribution in [-0.4, -0.2) is 24.5 Å². The number of nitrogens with two attached hydrogens (primary N) is 1. The molecule has 2 nitrogen and oxygen atoms in total. The number of rotatable bonds is 4. The molecular formula is C14H21Cl2FN2. The van der Waals surface area contributed by atoms with Crippen LogP contribution >= 0.6 is 24.0 Å². The molecule has 1 aromatic carbocycles. The largest absolute Gasteiger partial charge is 0.330 e. The summed E-state index contributed by atoms with van der Waals surface area (Å²) in [6, 6.07) is 4.98. The molecule has 1 fully saturated rings. The molecule has 1 aliphatic heterocycles. The van der Waals surface area contributed by atoms with Crippen LogP contribution in [-0.2, 0) is 6.54 Å². The first kappa shape index (κ1) is 16.7. The summed E-state index contributed by atoms with van der Waals surface area (Å²) in [5.74, 6) is 0.361. The summed E-state index contributed by atoms with van der Waals surface area (Å²) in [7, 11) is 0. The Balaban J connectivity index is 0.00000180. The summed E-state index contributed by atoms with van der Waals surface area (Å²) in [5, 5.41) is 0.211. The lowest BCUT2D eigenvalue weighted by Gasteiger charge is -2.32. The van der Waals surface area contributed by atoms with Crippen molar-refractivity contribution >= 4 is 24.0 Å². The van der Waals surface area contributed by atoms with Crippen molar-refractivity contribution in [3.05, 3.63) is 34.6 Å². The molecule has 0 bridgehead atoms. The number of nitrogens with zero attached hydrogens (tertiary/aromatic N) is 1. The first-order chi connectivity index (χ1) is 8.69. The molecule has 1 heterocycles. The van der Waals surface area contributed by atoms with Crippen LogP contribution in [0.4, 0.5) is 4.39 Å². The van der Waals surface area contributed by atoms with E-state index in [4.69, 9.17) is 17.3 Å². The van der Waals surface area contributed by atoms with E-state index < -0.39 is 0 Å². The summed E-state index contributed by atoms with van der Waals surface area (Å²) >= 11 is 5.80. The second-order valence-corrected chi connectivity index (χ2v) is 5.48. The molecule has 1 unspecified atom stereocenters. The predicted molar refractivity (Wildman–Crippen MR) is 80.3 cm³/mol. The molecular weight excluding hydrogens is 286 g/mol. The maximum atomic E-state index is 13.1. The second kappa shape index (κ2) is 8.05. The Bertz CT molecular complexity index is 399. The third kappa shape index (κ3) is 4.92. The number of hydrogen-bond acceptors (Lipinski definition) is 2. The monoisotopic (exact) mass is 306 g/mol. The SMILES string of the molecule is Cl.NCCC1CCCN(Cc2ccc(F)c(Cl)c2)C1. The van der Waals surface area contributed by atoms with Crippen molar-refractivity contribution in [2.75, 3.05) is 19.6 Å². The molecule has 1 saturated heterocycles. The van der Waals surface area contributed by atoms with Gasteiger partial charge in [-0.25, -0.2) is 4.39 Å². The highest BCUT2D eigenvalue weighted by atomic mass is 35.5. The van der Waals surface area contributed by atoms with Crippen molar-refractivity contribution in [2.24, 2.45) is 11.7 Å². The van der Waals surface area contributed by atoms with Crippen LogP contribution < -0.4 is 5.73 Å². The second-order valence-electron chi connectivity index (χ2n) is 5.07. The Morgan fingerprint density at radius 3 is 2.89 bits per heavy atom. The van der Waals surface area contributed by atoms with Gasteiger partial charge in [-0.3, -0.25) is 4.90 Å². The van der Waals surface area contributed by atoms with Crippen LogP contribution in [0.15, 0.2) is 18.2 Å². The summed E-state index contributed by atoms with van der Waals surface area (Å²) in [5.41, 5.74) is 6.69. The van der Waals surface area contributed by atoms with E-state index in [0.717, 1.165) is 38.2 Å². The minimum absolute atomic E-state index is 0. The minimum Gasteiger partial charge on any atom is -0.330 e. The quantitative estimate of drug-likeness (QED) is 0.923. The van der Waals surface area contributed by atoms with Crippen LogP contribution in [0, 0.1) is 11.7 Å². The number of halogens is 3. The van der Waals surface area contributed by atoms with E-state index in [-0.39, 0.29) is 23.2 Å². The number of hydrogen-bond donors (Lipinski definition) is 1. The third-order valence-corrected chi connectivity index (χ3v) is 3.86. The molecule has 0 aromatic heterocycles. The van der Waals surface area contributed by atoms with E-state index in [1.54, 1.807) is 6.07 Å². The van der Waals surface area contributed by atoms with Crippen LogP contribution in [0.25, 0.3) is 0 Å². The molecule has 0 aliphatic carbocycles. The van der Waals surface area contributed by atoms with Crippen molar-refractivity contribution in [1.82, 2.24) is 4.90 Å². The Kier molecular flexibility index (Phi) is 7.08. The zero-order valence-electron chi connectivity index (χ0n) is 10.9. The first-order valence-corrected chi connectivity index (χ1v) is 6.93. The van der Waals surface area contributed by atoms with Crippen molar-refractivity contribution in [2.45, 2.75) is 25.8 Å². The van der Waals surface area contributed by atoms with Gasteiger partial charge in [0.05, 0.1) is 5.02 Å². The molecule has 0 radical (unpaired) electrons. The van der Waals surface area contributed by atoms with Gasteiger partial charge < -0.3 is 5.73 Å². The normalized spacial score (nSPS) is 20.1. The van der Waals surface area contributed by atoms with Gasteiger partial charge in [-0.2, -0.15) is 0 Å². The van der Waals surface area contributed by atoms with Crippen LogP contribution in [0.1, 0.15) is 24.8 Å². The molecule has 5 heteroatoms. The van der Waals surface area contributed by atoms with Gasteiger partial charge >= 0.3 is 0 Å². The highest BCUT2D eigenvalue weighted by molar-refractivity contribution is 6.30. The van der Waals surface area contributed by atoms with E-state index in [9.17, 15) is 4.39 Å². The zero-order chi connectivity index (χ0) is 13.0. The minimum atomic E-state index is -0.347. The zero-order valence-corrected chi connectivity index (χ0v) is 12.5. The third-order valence-electron chi connectivity index (χ3n) is 3.57. The van der Waals surface area contributed by atoms with Gasteiger partial charge in [0.2, 0.25) is 0 Å². The summed E-state index contributed by atoms with van der Waals surface area (Å²) < 4.78 is 13.1. The van der Waals surface area contributed by atoms with Gasteiger partial charge in [0, 0.05) is 13.1 Å². The smallest absolute Gasteiger partial charge is 0.141 e. The van der Waals surface area contributed by atoms with Crippen molar-refractivity contribution in [3.8, 4) is 0 Å². The lowest BCUT2D eigenvalue weighted by molar-refractivity contribution is 0.163. The lowest BCUT2D eigenvalue weighted by atomic mass is 9.94. The molecule has 0 amide bonds. The van der Waals surface area contributed by atoms with Crippen LogP contribution in [0.5, 0.6) is 0 Å². The molecule has 1 aliphatic rings. The first-order valence-electron chi connectivity index (χ1n) is 6.55. The average Bonchev–Trinajstić information content (AvgIpc) is 2.35. The Hall–Kier alpha value is -0.350. The molecule has 108 valence electrons. The fourth-order valence-electron chi connectivity index (χ4n) is 2.66. The molecule has 1 aromatic rings. The standard InChI is InChI=1S/C14H20ClFN2.ClH/c15-13-8-12(3-4-14(13)16)10-18-7-1-2-11(9-18)5-6-17;/h3-4,8,11H,1-2,5-7,9-10,17H2;1H. The van der Waals surface area contributed by atoms with E-state index in [2.05, 4.69) is 4.90 Å². The fourth-order valence-corrected chi connectivity index (χ4v) is 2.87. The molecule has 19 heavy (non-hydrogen) atoms. The van der Waals surface area contributed by atoms with Gasteiger partial charge in [-0.05, 0) is 56.0 Å². The summed E-state index contributed by atoms with van der Waals surface area (Å²) in [6.07, 6.45) is 3.60. The predicted octanol–water partition coefficient (Wildman–Crippen LogP) is 3.46. The van der Waals surface area contributed by atoms with E-state index in [0.29, 0.717) is 5.92 Å². The average molecular weight is 307 g/mol. The van der Waals surface area contributed by atoms with Gasteiger partial charge in [-0.1, -0.05) is 17.7 Å². The molecule has 2 N–H and O–H groups in total. The van der Waals surface area contributed by atoms with Gasteiger partial charge in [0.15, 0.2) is 0 Å². The number of benzene rings is 1. The fraction of sp³-hybridized carbons (Fsp3) is 0.571. The highest BCUT2D eigenvalue weighted by Gasteiger charge is 2.19. The number of likely N-dealkylation sites (tertiary alicyclic amines) is 1. The van der Waals surface area contributed by atoms with Crippen molar-refractivity contribution in [1.29, 1.82) is 0 Å². The van der Waals surface area contributed by atoms with E-state index >= 15 is 0 Å². The Labute approximate surface area is 125 Å². The van der Waals surface area contributed by atoms with E-state index in [1.165, 1.54) is 18.9 Å². The lowest BCUT2D eigenvalue weighted by Crippen LogP contribution is -2.35. The maximum absolute atomic E-state index is 13.1. The Morgan fingerprint density at radius 2 is 2.21 bits per heavy atom. The summed E-state index contributed by atoms with van der Waals surface area (Å²) in [6.45, 7) is 3.81. The van der Waals surface area contributed by atoms with E-state index in [1.807, 2.05) is 6.07 Å². The Morgan fingerprint density at radius 1 is 1.42 bits per heavy atom. The molecule has 2 rings (SSSR count). The summed E-state index contributed by atoms with van der Waals surface area (Å²) in [4.78, 5) is 2.41. The molecule has 0 spiro atoms. The van der Waals surface area contributed by atoms with Crippen molar-refractivity contribution in [3.63, 3.8) is 0 Å². The highest BCUT2D eigenvalue weighted by Crippen LogP contribution is 2.22. The topological polar surface area (TPSA) is 29.3 Å². The van der Waals surface area contributed by atoms with Crippen molar-refractivity contribution < 1.29 is 4.39 Å². The maximum Gasteiger partial charge on any atom is 0.141 e. The molecule has 1 atom stereocenters. The van der Waals surface area contributed by atoms with Gasteiger partial charge in [-0.15, -0.1) is 12.4 Å². The van der Waals surface area contributed by atoms with Crippen LogP contribution in [0.2, 0.25) is 5.02 Å². The van der Waals surface area contributed by atoms with Gasteiger partial charge in [0.1, 0.15) is 5.82 Å². The molecule has 0 saturated carbocycles.